The van der Waals surface area contributed by atoms with Gasteiger partial charge in [0.15, 0.2) is 0 Å². The number of hydrogen-bond acceptors (Lipinski definition) is 3. The lowest BCUT2D eigenvalue weighted by Gasteiger charge is -2.22. The highest BCUT2D eigenvalue weighted by atomic mass is 35.5. The maximum atomic E-state index is 12.6. The summed E-state index contributed by atoms with van der Waals surface area (Å²) in [5, 5.41) is 10.9. The average Bonchev–Trinajstić information content (AvgIpc) is 3.03. The van der Waals surface area contributed by atoms with Gasteiger partial charge in [0.05, 0.1) is 12.1 Å². The lowest BCUT2D eigenvalue weighted by Crippen LogP contribution is -2.40. The quantitative estimate of drug-likeness (QED) is 0.835. The molecule has 0 aromatic carbocycles. The summed E-state index contributed by atoms with van der Waals surface area (Å²) in [7, 11) is 1.92. The summed E-state index contributed by atoms with van der Waals surface area (Å²) in [5.41, 5.74) is 1.17. The van der Waals surface area contributed by atoms with Gasteiger partial charge in [-0.3, -0.25) is 9.48 Å². The van der Waals surface area contributed by atoms with Gasteiger partial charge < -0.3 is 10.6 Å². The highest BCUT2D eigenvalue weighted by molar-refractivity contribution is 5.85. The third kappa shape index (κ3) is 4.02. The Labute approximate surface area is 138 Å². The van der Waals surface area contributed by atoms with Gasteiger partial charge in [-0.05, 0) is 18.4 Å². The lowest BCUT2D eigenvalue weighted by atomic mass is 9.90. The highest BCUT2D eigenvalue weighted by Crippen LogP contribution is 2.28. The van der Waals surface area contributed by atoms with E-state index in [2.05, 4.69) is 15.7 Å². The first-order valence-electron chi connectivity index (χ1n) is 8.23. The van der Waals surface area contributed by atoms with Gasteiger partial charge in [0.1, 0.15) is 0 Å². The molecule has 1 aromatic heterocycles. The van der Waals surface area contributed by atoms with Crippen LogP contribution in [0.15, 0.2) is 12.4 Å². The molecular weight excluding hydrogens is 300 g/mol. The number of amides is 1. The summed E-state index contributed by atoms with van der Waals surface area (Å²) < 4.78 is 1.81. The molecule has 0 bridgehead atoms. The summed E-state index contributed by atoms with van der Waals surface area (Å²) >= 11 is 0. The predicted molar refractivity (Wildman–Crippen MR) is 89.2 cm³/mol. The van der Waals surface area contributed by atoms with Crippen LogP contribution >= 0.6 is 12.4 Å². The van der Waals surface area contributed by atoms with Crippen LogP contribution in [0, 0.1) is 5.92 Å². The number of halogens is 1. The Kier molecular flexibility index (Phi) is 6.26. The van der Waals surface area contributed by atoms with E-state index >= 15 is 0 Å². The van der Waals surface area contributed by atoms with Gasteiger partial charge in [-0.1, -0.05) is 25.7 Å². The van der Waals surface area contributed by atoms with Gasteiger partial charge in [0.25, 0.3) is 0 Å². The fraction of sp³-hybridized carbons (Fsp3) is 0.750. The zero-order valence-electron chi connectivity index (χ0n) is 13.3. The molecule has 2 N–H and O–H groups in total. The molecule has 0 spiro atoms. The number of hydrogen-bond donors (Lipinski definition) is 2. The first kappa shape index (κ1) is 17.3. The Morgan fingerprint density at radius 3 is 2.64 bits per heavy atom. The molecule has 3 rings (SSSR count). The lowest BCUT2D eigenvalue weighted by molar-refractivity contribution is -0.125. The molecule has 1 aliphatic carbocycles. The van der Waals surface area contributed by atoms with E-state index in [1.807, 2.05) is 24.1 Å². The van der Waals surface area contributed by atoms with Crippen molar-refractivity contribution in [2.75, 3.05) is 13.1 Å². The van der Waals surface area contributed by atoms with Crippen LogP contribution in [0.2, 0.25) is 0 Å². The molecule has 1 aromatic rings. The van der Waals surface area contributed by atoms with Gasteiger partial charge in [0, 0.05) is 38.3 Å². The summed E-state index contributed by atoms with van der Waals surface area (Å²) in [6, 6.07) is 0.384. The minimum Gasteiger partial charge on any atom is -0.353 e. The minimum absolute atomic E-state index is 0. The summed E-state index contributed by atoms with van der Waals surface area (Å²) in [6.07, 6.45) is 11.3. The fourth-order valence-electron chi connectivity index (χ4n) is 3.67. The molecule has 0 unspecified atom stereocenters. The van der Waals surface area contributed by atoms with Crippen LogP contribution in [0.3, 0.4) is 0 Å². The zero-order valence-corrected chi connectivity index (χ0v) is 14.1. The van der Waals surface area contributed by atoms with Gasteiger partial charge >= 0.3 is 0 Å². The van der Waals surface area contributed by atoms with Crippen molar-refractivity contribution in [3.63, 3.8) is 0 Å². The van der Waals surface area contributed by atoms with Crippen molar-refractivity contribution in [1.82, 2.24) is 20.4 Å². The minimum atomic E-state index is 0. The molecule has 1 saturated carbocycles. The average molecular weight is 327 g/mol. The zero-order chi connectivity index (χ0) is 14.7. The Bertz CT molecular complexity index is 482. The van der Waals surface area contributed by atoms with Gasteiger partial charge in [0.2, 0.25) is 5.91 Å². The van der Waals surface area contributed by atoms with Crippen molar-refractivity contribution in [2.45, 2.75) is 50.5 Å². The van der Waals surface area contributed by atoms with Crippen molar-refractivity contribution >= 4 is 18.3 Å². The van der Waals surface area contributed by atoms with E-state index in [0.717, 1.165) is 25.9 Å². The third-order valence-electron chi connectivity index (χ3n) is 4.91. The van der Waals surface area contributed by atoms with Crippen molar-refractivity contribution in [3.8, 4) is 0 Å². The number of carbonyl (C=O) groups is 1. The summed E-state index contributed by atoms with van der Waals surface area (Å²) in [6.45, 7) is 1.65. The molecule has 2 atom stereocenters. The molecule has 6 heteroatoms. The SMILES string of the molecule is Cl.Cn1cc([C@H]2CNC[C@@H]2C(=O)NC2CCCCCC2)cn1. The predicted octanol–water partition coefficient (Wildman–Crippen LogP) is 1.98. The second kappa shape index (κ2) is 7.97. The van der Waals surface area contributed by atoms with Crippen molar-refractivity contribution in [1.29, 1.82) is 0 Å². The largest absolute Gasteiger partial charge is 0.353 e. The van der Waals surface area contributed by atoms with Crippen molar-refractivity contribution in [3.05, 3.63) is 18.0 Å². The number of aryl methyl sites for hydroxylation is 1. The Hall–Kier alpha value is -1.07. The van der Waals surface area contributed by atoms with E-state index in [4.69, 9.17) is 0 Å². The fourth-order valence-corrected chi connectivity index (χ4v) is 3.67. The molecule has 1 amide bonds. The molecule has 1 saturated heterocycles. The summed E-state index contributed by atoms with van der Waals surface area (Å²) in [5.74, 6) is 0.516. The van der Waals surface area contributed by atoms with Crippen LogP contribution in [0.25, 0.3) is 0 Å². The molecule has 0 radical (unpaired) electrons. The van der Waals surface area contributed by atoms with Gasteiger partial charge in [-0.15, -0.1) is 12.4 Å². The molecule has 1 aliphatic heterocycles. The number of nitrogens with one attached hydrogen (secondary N) is 2. The Balaban J connectivity index is 0.00000176. The molecule has 5 nitrogen and oxygen atoms in total. The second-order valence-electron chi connectivity index (χ2n) is 6.52. The molecule has 124 valence electrons. The van der Waals surface area contributed by atoms with Gasteiger partial charge in [-0.2, -0.15) is 5.10 Å². The number of nitrogens with zero attached hydrogens (tertiary/aromatic N) is 2. The topological polar surface area (TPSA) is 59.0 Å². The van der Waals surface area contributed by atoms with Crippen molar-refractivity contribution < 1.29 is 4.79 Å². The molecular formula is C16H27ClN4O. The third-order valence-corrected chi connectivity index (χ3v) is 4.91. The standard InChI is InChI=1S/C16H26N4O.ClH/c1-20-11-12(8-18-20)14-9-17-10-15(14)16(21)19-13-6-4-2-3-5-7-13;/h8,11,13-15,17H,2-7,9-10H2,1H3,(H,19,21);1H/t14-,15+;/m1./s1. The van der Waals surface area contributed by atoms with E-state index in [-0.39, 0.29) is 30.2 Å². The maximum Gasteiger partial charge on any atom is 0.225 e. The highest BCUT2D eigenvalue weighted by Gasteiger charge is 2.35. The maximum absolute atomic E-state index is 12.6. The number of aromatic nitrogens is 2. The first-order valence-corrected chi connectivity index (χ1v) is 8.23. The molecule has 22 heavy (non-hydrogen) atoms. The Morgan fingerprint density at radius 2 is 2.00 bits per heavy atom. The van der Waals surface area contributed by atoms with Crippen LogP contribution in [0.5, 0.6) is 0 Å². The van der Waals surface area contributed by atoms with Crippen molar-refractivity contribution in [2.24, 2.45) is 13.0 Å². The molecule has 2 aliphatic rings. The van der Waals surface area contributed by atoms with E-state index in [1.54, 1.807) is 0 Å². The van der Waals surface area contributed by atoms with Crippen LogP contribution in [-0.4, -0.2) is 34.8 Å². The van der Waals surface area contributed by atoms with Crippen LogP contribution < -0.4 is 10.6 Å². The van der Waals surface area contributed by atoms with E-state index in [0.29, 0.717) is 6.04 Å². The number of rotatable bonds is 3. The van der Waals surface area contributed by atoms with Crippen LogP contribution in [0.4, 0.5) is 0 Å². The monoisotopic (exact) mass is 326 g/mol. The van der Waals surface area contributed by atoms with E-state index in [1.165, 1.54) is 31.2 Å². The number of carbonyl (C=O) groups excluding carboxylic acids is 1. The van der Waals surface area contributed by atoms with Crippen LogP contribution in [-0.2, 0) is 11.8 Å². The van der Waals surface area contributed by atoms with E-state index in [9.17, 15) is 4.79 Å². The summed E-state index contributed by atoms with van der Waals surface area (Å²) in [4.78, 5) is 12.6. The van der Waals surface area contributed by atoms with Crippen LogP contribution in [0.1, 0.15) is 50.0 Å². The second-order valence-corrected chi connectivity index (χ2v) is 6.52. The Morgan fingerprint density at radius 1 is 1.27 bits per heavy atom. The van der Waals surface area contributed by atoms with E-state index < -0.39 is 0 Å². The molecule has 2 heterocycles. The smallest absolute Gasteiger partial charge is 0.225 e. The first-order chi connectivity index (χ1) is 10.2. The molecule has 2 fully saturated rings. The van der Waals surface area contributed by atoms with Gasteiger partial charge in [-0.25, -0.2) is 0 Å². The normalized spacial score (nSPS) is 26.2.